The molecule has 166 valence electrons. The topological polar surface area (TPSA) is 64.6 Å². The van der Waals surface area contributed by atoms with Crippen LogP contribution in [0, 0.1) is 23.7 Å². The predicted molar refractivity (Wildman–Crippen MR) is 128 cm³/mol. The van der Waals surface area contributed by atoms with E-state index in [4.69, 9.17) is 9.47 Å². The molecule has 33 heavy (non-hydrogen) atoms. The molecule has 1 N–H and O–H groups in total. The van der Waals surface area contributed by atoms with Gasteiger partial charge in [-0.05, 0) is 48.2 Å². The maximum Gasteiger partial charge on any atom is 0.310 e. The van der Waals surface area contributed by atoms with Gasteiger partial charge in [0.05, 0.1) is 16.7 Å². The Morgan fingerprint density at radius 3 is 2.45 bits per heavy atom. The molecule has 3 aliphatic rings. The van der Waals surface area contributed by atoms with E-state index in [1.807, 2.05) is 66.7 Å². The summed E-state index contributed by atoms with van der Waals surface area (Å²) in [6, 6.07) is 25.3. The quantitative estimate of drug-likeness (QED) is 0.360. The number of anilines is 1. The highest BCUT2D eigenvalue weighted by atomic mass is 79.9. The van der Waals surface area contributed by atoms with Gasteiger partial charge in [0.2, 0.25) is 5.91 Å². The van der Waals surface area contributed by atoms with Gasteiger partial charge in [0.1, 0.15) is 17.6 Å². The molecule has 3 aromatic carbocycles. The van der Waals surface area contributed by atoms with Gasteiger partial charge in [-0.15, -0.1) is 0 Å². The molecule has 1 amide bonds. The molecule has 0 aromatic heterocycles. The third-order valence-electron chi connectivity index (χ3n) is 7.15. The number of rotatable bonds is 5. The van der Waals surface area contributed by atoms with Gasteiger partial charge in [-0.1, -0.05) is 64.5 Å². The van der Waals surface area contributed by atoms with Crippen LogP contribution < -0.4 is 10.1 Å². The number of hydrogen-bond donors (Lipinski definition) is 1. The summed E-state index contributed by atoms with van der Waals surface area (Å²) in [7, 11) is 0. The number of nitrogens with one attached hydrogen (secondary N) is 1. The molecule has 6 heteroatoms. The maximum absolute atomic E-state index is 13.1. The first-order chi connectivity index (χ1) is 16.1. The molecule has 1 saturated heterocycles. The van der Waals surface area contributed by atoms with E-state index in [0.717, 1.165) is 23.3 Å². The zero-order valence-electron chi connectivity index (χ0n) is 17.7. The number of ether oxygens (including phenoxy) is 2. The molecule has 5 nitrogen and oxygen atoms in total. The van der Waals surface area contributed by atoms with Crippen LogP contribution in [0.25, 0.3) is 11.1 Å². The van der Waals surface area contributed by atoms with Gasteiger partial charge in [0.25, 0.3) is 0 Å². The largest absolute Gasteiger partial charge is 0.461 e. The molecule has 2 aliphatic carbocycles. The number of alkyl halides is 1. The van der Waals surface area contributed by atoms with E-state index >= 15 is 0 Å². The summed E-state index contributed by atoms with van der Waals surface area (Å²) >= 11 is 3.66. The molecule has 2 bridgehead atoms. The summed E-state index contributed by atoms with van der Waals surface area (Å²) in [5.74, 6) is 0.730. The Morgan fingerprint density at radius 2 is 1.67 bits per heavy atom. The summed E-state index contributed by atoms with van der Waals surface area (Å²) in [5.41, 5.74) is 2.78. The lowest BCUT2D eigenvalue weighted by atomic mass is 9.79. The van der Waals surface area contributed by atoms with E-state index in [2.05, 4.69) is 33.4 Å². The molecule has 0 spiro atoms. The average molecular weight is 504 g/mol. The lowest BCUT2D eigenvalue weighted by Crippen LogP contribution is -2.40. The zero-order valence-corrected chi connectivity index (χ0v) is 19.3. The van der Waals surface area contributed by atoms with Crippen LogP contribution in [0.15, 0.2) is 78.9 Å². The number of esters is 1. The third-order valence-corrected chi connectivity index (χ3v) is 8.35. The fourth-order valence-corrected chi connectivity index (χ4v) is 6.75. The van der Waals surface area contributed by atoms with Gasteiger partial charge in [-0.25, -0.2) is 0 Å². The van der Waals surface area contributed by atoms with Crippen LogP contribution in [0.1, 0.15) is 6.42 Å². The van der Waals surface area contributed by atoms with E-state index in [1.165, 1.54) is 0 Å². The SMILES string of the molecule is O=C(Nc1ccc(Oc2ccccc2-c2ccccc2)cc1)[C@@H]1[C@H]2C[C@H]3[C@H](OC(=O)[C@H]31)[C@@H]2Br. The number of para-hydroxylation sites is 1. The maximum atomic E-state index is 13.1. The van der Waals surface area contributed by atoms with Crippen molar-refractivity contribution in [1.82, 2.24) is 0 Å². The Kier molecular flexibility index (Phi) is 4.98. The van der Waals surface area contributed by atoms with Crippen molar-refractivity contribution in [2.24, 2.45) is 23.7 Å². The van der Waals surface area contributed by atoms with Crippen molar-refractivity contribution in [1.29, 1.82) is 0 Å². The van der Waals surface area contributed by atoms with E-state index in [1.54, 1.807) is 0 Å². The number of fused-ring (bicyclic) bond motifs is 1. The van der Waals surface area contributed by atoms with Crippen LogP contribution in [0.4, 0.5) is 5.69 Å². The fourth-order valence-electron chi connectivity index (χ4n) is 5.70. The van der Waals surface area contributed by atoms with Crippen LogP contribution >= 0.6 is 15.9 Å². The van der Waals surface area contributed by atoms with Crippen molar-refractivity contribution in [3.63, 3.8) is 0 Å². The molecule has 0 radical (unpaired) electrons. The Bertz CT molecular complexity index is 1210. The number of benzene rings is 3. The van der Waals surface area contributed by atoms with Crippen molar-refractivity contribution in [2.75, 3.05) is 5.32 Å². The number of carbonyl (C=O) groups excluding carboxylic acids is 2. The summed E-state index contributed by atoms with van der Waals surface area (Å²) in [6.07, 6.45) is 0.787. The van der Waals surface area contributed by atoms with Crippen molar-refractivity contribution in [2.45, 2.75) is 17.4 Å². The standard InChI is InChI=1S/C27H22BrNO4/c28-24-19-14-20-23(27(31)33-25(20)24)22(19)26(30)29-16-10-12-17(13-11-16)32-21-9-5-4-8-18(21)15-6-2-1-3-7-15/h1-13,19-20,22-25H,14H2,(H,29,30)/t19-,20-,22-,23-,24-,25+/m1/s1. The molecule has 1 heterocycles. The molecule has 3 aromatic rings. The lowest BCUT2D eigenvalue weighted by Gasteiger charge is -2.27. The lowest BCUT2D eigenvalue weighted by molar-refractivity contribution is -0.145. The number of hydrogen-bond acceptors (Lipinski definition) is 4. The monoisotopic (exact) mass is 503 g/mol. The normalized spacial score (nSPS) is 29.1. The number of amides is 1. The first-order valence-electron chi connectivity index (χ1n) is 11.2. The highest BCUT2D eigenvalue weighted by molar-refractivity contribution is 9.09. The van der Waals surface area contributed by atoms with E-state index < -0.39 is 0 Å². The van der Waals surface area contributed by atoms with Gasteiger partial charge in [-0.3, -0.25) is 9.59 Å². The minimum absolute atomic E-state index is 0.0569. The minimum atomic E-state index is -0.348. The molecular formula is C27H22BrNO4. The van der Waals surface area contributed by atoms with E-state index in [-0.39, 0.29) is 46.5 Å². The van der Waals surface area contributed by atoms with Gasteiger partial charge < -0.3 is 14.8 Å². The first kappa shape index (κ1) is 20.5. The molecule has 6 rings (SSSR count). The van der Waals surface area contributed by atoms with Gasteiger partial charge in [-0.2, -0.15) is 0 Å². The predicted octanol–water partition coefficient (Wildman–Crippen LogP) is 5.66. The highest BCUT2D eigenvalue weighted by Crippen LogP contribution is 2.60. The van der Waals surface area contributed by atoms with Crippen LogP contribution in [0.5, 0.6) is 11.5 Å². The summed E-state index contributed by atoms with van der Waals surface area (Å²) < 4.78 is 11.7. The van der Waals surface area contributed by atoms with Crippen LogP contribution in [-0.2, 0) is 14.3 Å². The first-order valence-corrected chi connectivity index (χ1v) is 12.1. The van der Waals surface area contributed by atoms with Gasteiger partial charge in [0, 0.05) is 17.2 Å². The smallest absolute Gasteiger partial charge is 0.310 e. The van der Waals surface area contributed by atoms with Crippen molar-refractivity contribution in [3.8, 4) is 22.6 Å². The van der Waals surface area contributed by atoms with Crippen molar-refractivity contribution < 1.29 is 19.1 Å². The van der Waals surface area contributed by atoms with Crippen LogP contribution in [-0.4, -0.2) is 22.8 Å². The van der Waals surface area contributed by atoms with E-state index in [9.17, 15) is 9.59 Å². The Balaban J connectivity index is 1.17. The summed E-state index contributed by atoms with van der Waals surface area (Å²) in [6.45, 7) is 0. The molecule has 6 atom stereocenters. The third kappa shape index (κ3) is 3.44. The van der Waals surface area contributed by atoms with Crippen molar-refractivity contribution >= 4 is 33.5 Å². The Hall–Kier alpha value is -3.12. The molecule has 3 fully saturated rings. The molecule has 0 unspecified atom stereocenters. The molecule has 2 saturated carbocycles. The molecule has 1 aliphatic heterocycles. The van der Waals surface area contributed by atoms with Crippen LogP contribution in [0.3, 0.4) is 0 Å². The Labute approximate surface area is 200 Å². The number of halogens is 1. The summed E-state index contributed by atoms with van der Waals surface area (Å²) in [4.78, 5) is 25.5. The van der Waals surface area contributed by atoms with Gasteiger partial charge >= 0.3 is 5.97 Å². The van der Waals surface area contributed by atoms with Crippen LogP contribution in [0.2, 0.25) is 0 Å². The Morgan fingerprint density at radius 1 is 0.939 bits per heavy atom. The minimum Gasteiger partial charge on any atom is -0.461 e. The van der Waals surface area contributed by atoms with Gasteiger partial charge in [0.15, 0.2) is 0 Å². The molecular weight excluding hydrogens is 482 g/mol. The second-order valence-electron chi connectivity index (χ2n) is 8.94. The second-order valence-corrected chi connectivity index (χ2v) is 10.00. The highest BCUT2D eigenvalue weighted by Gasteiger charge is 2.67. The fraction of sp³-hybridized carbons (Fsp3) is 0.259. The average Bonchev–Trinajstić information content (AvgIpc) is 3.46. The number of carbonyl (C=O) groups is 2. The second kappa shape index (κ2) is 8.03. The summed E-state index contributed by atoms with van der Waals surface area (Å²) in [5, 5.41) is 3.00. The zero-order chi connectivity index (χ0) is 22.5. The van der Waals surface area contributed by atoms with Crippen molar-refractivity contribution in [3.05, 3.63) is 78.9 Å². The van der Waals surface area contributed by atoms with E-state index in [0.29, 0.717) is 11.4 Å².